The van der Waals surface area contributed by atoms with Gasteiger partial charge in [-0.1, -0.05) is 6.58 Å². The Balaban J connectivity index is 2.59. The monoisotopic (exact) mass is 248 g/mol. The molecule has 94 valence electrons. The van der Waals surface area contributed by atoms with Crippen LogP contribution in [0.1, 0.15) is 12.5 Å². The molecule has 1 aromatic rings. The van der Waals surface area contributed by atoms with Crippen molar-refractivity contribution in [1.29, 1.82) is 0 Å². The van der Waals surface area contributed by atoms with Crippen LogP contribution in [0.4, 0.5) is 5.82 Å². The summed E-state index contributed by atoms with van der Waals surface area (Å²) >= 11 is 0. The van der Waals surface area contributed by atoms with Crippen molar-refractivity contribution in [1.82, 2.24) is 4.98 Å². The van der Waals surface area contributed by atoms with Crippen LogP contribution in [-0.4, -0.2) is 27.9 Å². The van der Waals surface area contributed by atoms with Gasteiger partial charge in [0.25, 0.3) is 0 Å². The van der Waals surface area contributed by atoms with Crippen molar-refractivity contribution in [2.75, 3.05) is 11.7 Å². The van der Waals surface area contributed by atoms with Crippen LogP contribution in [0.5, 0.6) is 0 Å². The molecule has 0 aliphatic carbocycles. The van der Waals surface area contributed by atoms with Crippen molar-refractivity contribution in [3.05, 3.63) is 41.7 Å². The number of esters is 1. The molecule has 0 saturated carbocycles. The lowest BCUT2D eigenvalue weighted by Crippen LogP contribution is -2.28. The number of ether oxygens (including phenoxy) is 1. The zero-order valence-electron chi connectivity index (χ0n) is 9.75. The molecular formula is C12H12N2O4. The van der Waals surface area contributed by atoms with Gasteiger partial charge in [-0.2, -0.15) is 0 Å². The topological polar surface area (TPSA) is 82.9 Å². The fourth-order valence-electron chi connectivity index (χ4n) is 1.67. The zero-order valence-corrected chi connectivity index (χ0v) is 9.75. The van der Waals surface area contributed by atoms with E-state index in [-0.39, 0.29) is 35.0 Å². The van der Waals surface area contributed by atoms with Crippen LogP contribution in [0.25, 0.3) is 5.76 Å². The molecule has 0 atom stereocenters. The maximum absolute atomic E-state index is 11.7. The molecule has 2 rings (SSSR count). The minimum absolute atomic E-state index is 0.0721. The predicted octanol–water partition coefficient (Wildman–Crippen LogP) is 1.64. The van der Waals surface area contributed by atoms with E-state index in [9.17, 15) is 15.1 Å². The molecule has 0 spiro atoms. The average Bonchev–Trinajstić information content (AvgIpc) is 2.37. The molecule has 0 radical (unpaired) electrons. The fourth-order valence-corrected chi connectivity index (χ4v) is 1.67. The number of carbonyl (C=O) groups is 1. The van der Waals surface area contributed by atoms with E-state index in [1.54, 1.807) is 13.0 Å². The van der Waals surface area contributed by atoms with E-state index in [0.29, 0.717) is 5.06 Å². The second-order valence-electron chi connectivity index (χ2n) is 3.58. The van der Waals surface area contributed by atoms with Crippen LogP contribution >= 0.6 is 0 Å². The van der Waals surface area contributed by atoms with Crippen molar-refractivity contribution in [2.45, 2.75) is 6.92 Å². The number of hydroxylamine groups is 1. The van der Waals surface area contributed by atoms with Gasteiger partial charge < -0.3 is 9.84 Å². The summed E-state index contributed by atoms with van der Waals surface area (Å²) < 4.78 is 4.81. The Hall–Kier alpha value is -2.34. The summed E-state index contributed by atoms with van der Waals surface area (Å²) in [5.41, 5.74) is 0.00690. The third kappa shape index (κ3) is 1.72. The number of rotatable bonds is 2. The maximum Gasteiger partial charge on any atom is 0.344 e. The predicted molar refractivity (Wildman–Crippen MR) is 63.8 cm³/mol. The molecule has 0 saturated heterocycles. The number of pyridine rings is 1. The Kier molecular flexibility index (Phi) is 3.03. The zero-order chi connectivity index (χ0) is 13.3. The average molecular weight is 248 g/mol. The van der Waals surface area contributed by atoms with E-state index >= 15 is 0 Å². The van der Waals surface area contributed by atoms with Gasteiger partial charge in [-0.25, -0.2) is 14.8 Å². The smallest absolute Gasteiger partial charge is 0.344 e. The molecule has 0 fully saturated rings. The lowest BCUT2D eigenvalue weighted by Gasteiger charge is -2.26. The number of aliphatic hydroxyl groups is 1. The highest BCUT2D eigenvalue weighted by atomic mass is 16.5. The molecule has 0 aromatic carbocycles. The Labute approximate surface area is 103 Å². The molecule has 0 bridgehead atoms. The summed E-state index contributed by atoms with van der Waals surface area (Å²) in [4.78, 5) is 15.6. The van der Waals surface area contributed by atoms with Gasteiger partial charge in [-0.05, 0) is 19.1 Å². The number of anilines is 1. The summed E-state index contributed by atoms with van der Waals surface area (Å²) in [5, 5.41) is 20.6. The second-order valence-corrected chi connectivity index (χ2v) is 3.58. The normalized spacial score (nSPS) is 14.6. The molecule has 1 aromatic heterocycles. The molecule has 1 aliphatic heterocycles. The van der Waals surface area contributed by atoms with Crippen LogP contribution in [0, 0.1) is 0 Å². The third-order valence-corrected chi connectivity index (χ3v) is 2.50. The van der Waals surface area contributed by atoms with E-state index in [1.165, 1.54) is 12.3 Å². The molecule has 2 heterocycles. The highest BCUT2D eigenvalue weighted by Gasteiger charge is 2.32. The van der Waals surface area contributed by atoms with Gasteiger partial charge in [0.05, 0.1) is 17.9 Å². The van der Waals surface area contributed by atoms with Crippen LogP contribution < -0.4 is 5.06 Å². The number of aliphatic hydroxyl groups excluding tert-OH is 1. The van der Waals surface area contributed by atoms with E-state index in [1.807, 2.05) is 0 Å². The van der Waals surface area contributed by atoms with Crippen LogP contribution in [0.3, 0.4) is 0 Å². The minimum atomic E-state index is -0.742. The van der Waals surface area contributed by atoms with Gasteiger partial charge in [0.2, 0.25) is 0 Å². The number of hydrogen-bond donors (Lipinski definition) is 2. The number of hydrogen-bond acceptors (Lipinski definition) is 6. The Morgan fingerprint density at radius 2 is 2.33 bits per heavy atom. The summed E-state index contributed by atoms with van der Waals surface area (Å²) in [6.45, 7) is 5.35. The third-order valence-electron chi connectivity index (χ3n) is 2.50. The second kappa shape index (κ2) is 4.50. The van der Waals surface area contributed by atoms with Crippen molar-refractivity contribution in [3.8, 4) is 0 Å². The van der Waals surface area contributed by atoms with E-state index in [4.69, 9.17) is 4.74 Å². The Morgan fingerprint density at radius 1 is 1.61 bits per heavy atom. The molecule has 0 unspecified atom stereocenters. The largest absolute Gasteiger partial charge is 0.506 e. The molecule has 1 aliphatic rings. The summed E-state index contributed by atoms with van der Waals surface area (Å²) in [7, 11) is 0. The first-order valence-corrected chi connectivity index (χ1v) is 5.32. The van der Waals surface area contributed by atoms with Crippen molar-refractivity contribution in [2.24, 2.45) is 0 Å². The van der Waals surface area contributed by atoms with Crippen molar-refractivity contribution in [3.63, 3.8) is 0 Å². The first kappa shape index (κ1) is 12.1. The lowest BCUT2D eigenvalue weighted by molar-refractivity contribution is -0.138. The van der Waals surface area contributed by atoms with Gasteiger partial charge in [-0.15, -0.1) is 0 Å². The summed E-state index contributed by atoms with van der Waals surface area (Å²) in [6, 6.07) is 3.12. The van der Waals surface area contributed by atoms with E-state index in [2.05, 4.69) is 11.6 Å². The fraction of sp³-hybridized carbons (Fsp3) is 0.167. The van der Waals surface area contributed by atoms with E-state index < -0.39 is 5.97 Å². The molecule has 0 amide bonds. The number of nitrogens with zero attached hydrogens (tertiary/aromatic N) is 2. The van der Waals surface area contributed by atoms with Gasteiger partial charge in [0, 0.05) is 6.20 Å². The highest BCUT2D eigenvalue weighted by Crippen LogP contribution is 2.35. The minimum Gasteiger partial charge on any atom is -0.506 e. The van der Waals surface area contributed by atoms with Crippen LogP contribution in [0.15, 0.2) is 36.2 Å². The summed E-state index contributed by atoms with van der Waals surface area (Å²) in [6.07, 6.45) is 1.46. The lowest BCUT2D eigenvalue weighted by atomic mass is 10.0. The summed E-state index contributed by atoms with van der Waals surface area (Å²) in [5.74, 6) is -0.923. The number of fused-ring (bicyclic) bond motifs is 1. The molecular weight excluding hydrogens is 236 g/mol. The van der Waals surface area contributed by atoms with Crippen molar-refractivity contribution < 1.29 is 19.8 Å². The number of carbonyl (C=O) groups excluding carboxylic acids is 1. The SMILES string of the molecule is C=C1C(C(=O)OCC)=C(O)c2cccnc2N1O. The molecule has 6 nitrogen and oxygen atoms in total. The molecule has 6 heteroatoms. The van der Waals surface area contributed by atoms with Gasteiger partial charge in [0.15, 0.2) is 5.82 Å². The molecule has 2 N–H and O–H groups in total. The molecule has 18 heavy (non-hydrogen) atoms. The van der Waals surface area contributed by atoms with Crippen molar-refractivity contribution >= 4 is 17.5 Å². The van der Waals surface area contributed by atoms with Gasteiger partial charge in [0.1, 0.15) is 11.3 Å². The highest BCUT2D eigenvalue weighted by molar-refractivity contribution is 6.04. The van der Waals surface area contributed by atoms with Crippen LogP contribution in [0.2, 0.25) is 0 Å². The van der Waals surface area contributed by atoms with Gasteiger partial charge >= 0.3 is 5.97 Å². The van der Waals surface area contributed by atoms with E-state index in [0.717, 1.165) is 0 Å². The maximum atomic E-state index is 11.7. The first-order chi connectivity index (χ1) is 8.57. The Morgan fingerprint density at radius 3 is 3.00 bits per heavy atom. The Bertz CT molecular complexity index is 551. The quantitative estimate of drug-likeness (QED) is 0.774. The van der Waals surface area contributed by atoms with Crippen LogP contribution in [-0.2, 0) is 9.53 Å². The van der Waals surface area contributed by atoms with Gasteiger partial charge in [-0.3, -0.25) is 5.21 Å². The standard InChI is InChI=1S/C12H12N2O4/c1-3-18-12(16)9-7(2)14(17)11-8(10(9)15)5-4-6-13-11/h4-6,15,17H,2-3H2,1H3. The number of aromatic nitrogens is 1. The first-order valence-electron chi connectivity index (χ1n) is 5.32.